The number of furan rings is 1. The van der Waals surface area contributed by atoms with Gasteiger partial charge < -0.3 is 14.3 Å². The third-order valence-electron chi connectivity index (χ3n) is 2.83. The van der Waals surface area contributed by atoms with Crippen molar-refractivity contribution in [1.29, 1.82) is 0 Å². The molecule has 3 heterocycles. The first-order valence-corrected chi connectivity index (χ1v) is 8.53. The van der Waals surface area contributed by atoms with Crippen molar-refractivity contribution in [3.63, 3.8) is 0 Å². The fourth-order valence-electron chi connectivity index (χ4n) is 1.68. The number of hydrogen-bond donors (Lipinski definition) is 1. The molecule has 0 amide bonds. The number of anilines is 1. The molecule has 1 N–H and O–H groups in total. The first-order valence-electron chi connectivity index (χ1n) is 6.83. The average Bonchev–Trinajstić information content (AvgIpc) is 3.26. The zero-order valence-electron chi connectivity index (χ0n) is 12.1. The molecule has 0 aliphatic carbocycles. The first kappa shape index (κ1) is 15.0. The monoisotopic (exact) mass is 337 g/mol. The lowest BCUT2D eigenvalue weighted by Crippen LogP contribution is -1.96. The highest BCUT2D eigenvalue weighted by Crippen LogP contribution is 2.36. The summed E-state index contributed by atoms with van der Waals surface area (Å²) in [7, 11) is 0. The van der Waals surface area contributed by atoms with Gasteiger partial charge in [-0.15, -0.1) is 10.2 Å². The zero-order valence-corrected chi connectivity index (χ0v) is 13.8. The maximum absolute atomic E-state index is 5.26. The van der Waals surface area contributed by atoms with Gasteiger partial charge in [-0.3, -0.25) is 0 Å². The van der Waals surface area contributed by atoms with E-state index >= 15 is 0 Å². The summed E-state index contributed by atoms with van der Waals surface area (Å²) >= 11 is 3.04. The Morgan fingerprint density at radius 3 is 3.05 bits per heavy atom. The smallest absolute Gasteiger partial charge is 0.239 e. The number of aromatic nitrogens is 4. The Balaban J connectivity index is 1.56. The first-order chi connectivity index (χ1) is 10.7. The second-order valence-corrected chi connectivity index (χ2v) is 7.03. The zero-order chi connectivity index (χ0) is 15.4. The molecule has 0 aliphatic heterocycles. The van der Waals surface area contributed by atoms with Crippen LogP contribution in [0.1, 0.15) is 36.6 Å². The molecule has 0 saturated heterocycles. The van der Waals surface area contributed by atoms with E-state index in [9.17, 15) is 0 Å². The molecule has 22 heavy (non-hydrogen) atoms. The molecule has 7 nitrogen and oxygen atoms in total. The van der Waals surface area contributed by atoms with Gasteiger partial charge in [0, 0.05) is 6.42 Å². The Labute approximate surface area is 135 Å². The van der Waals surface area contributed by atoms with Gasteiger partial charge in [0.25, 0.3) is 0 Å². The van der Waals surface area contributed by atoms with Crippen molar-refractivity contribution in [2.45, 2.75) is 36.4 Å². The molecule has 0 spiro atoms. The normalized spacial score (nSPS) is 12.5. The summed E-state index contributed by atoms with van der Waals surface area (Å²) in [4.78, 5) is 4.33. The number of aryl methyl sites for hydroxylation is 1. The van der Waals surface area contributed by atoms with Gasteiger partial charge in [-0.2, -0.15) is 4.98 Å². The van der Waals surface area contributed by atoms with Gasteiger partial charge in [0.2, 0.25) is 11.0 Å². The van der Waals surface area contributed by atoms with Crippen molar-refractivity contribution in [3.05, 3.63) is 35.9 Å². The van der Waals surface area contributed by atoms with Gasteiger partial charge >= 0.3 is 0 Å². The van der Waals surface area contributed by atoms with Gasteiger partial charge in [0.15, 0.2) is 10.2 Å². The Hall–Kier alpha value is -1.87. The average molecular weight is 337 g/mol. The Morgan fingerprint density at radius 1 is 1.41 bits per heavy atom. The van der Waals surface area contributed by atoms with Crippen LogP contribution in [-0.4, -0.2) is 20.3 Å². The van der Waals surface area contributed by atoms with Crippen LogP contribution in [-0.2, 0) is 13.0 Å². The molecular formula is C13H15N5O2S2. The van der Waals surface area contributed by atoms with Gasteiger partial charge in [-0.1, -0.05) is 35.2 Å². The minimum atomic E-state index is 0.0404. The van der Waals surface area contributed by atoms with Crippen molar-refractivity contribution in [2.24, 2.45) is 0 Å². The summed E-state index contributed by atoms with van der Waals surface area (Å²) in [5.74, 6) is 2.19. The fourth-order valence-corrected chi connectivity index (χ4v) is 3.60. The van der Waals surface area contributed by atoms with E-state index in [1.54, 1.807) is 18.0 Å². The van der Waals surface area contributed by atoms with Crippen LogP contribution in [0.15, 0.2) is 31.7 Å². The molecule has 9 heteroatoms. The molecule has 0 saturated carbocycles. The van der Waals surface area contributed by atoms with Crippen LogP contribution in [0.3, 0.4) is 0 Å². The molecule has 0 bridgehead atoms. The van der Waals surface area contributed by atoms with Crippen LogP contribution in [0, 0.1) is 0 Å². The van der Waals surface area contributed by atoms with E-state index in [2.05, 4.69) is 25.7 Å². The molecule has 0 aromatic carbocycles. The van der Waals surface area contributed by atoms with Crippen molar-refractivity contribution in [1.82, 2.24) is 20.3 Å². The Kier molecular flexibility index (Phi) is 4.74. The summed E-state index contributed by atoms with van der Waals surface area (Å²) in [6.45, 7) is 4.59. The predicted molar refractivity (Wildman–Crippen MR) is 83.9 cm³/mol. The molecule has 1 atom stereocenters. The molecular weight excluding hydrogens is 322 g/mol. The second kappa shape index (κ2) is 6.93. The summed E-state index contributed by atoms with van der Waals surface area (Å²) in [6.07, 6.45) is 2.41. The quantitative estimate of drug-likeness (QED) is 0.655. The number of nitrogens with zero attached hydrogens (tertiary/aromatic N) is 4. The highest BCUT2D eigenvalue weighted by atomic mass is 32.2. The number of nitrogens with one attached hydrogen (secondary N) is 1. The van der Waals surface area contributed by atoms with E-state index < -0.39 is 0 Å². The maximum atomic E-state index is 5.26. The number of thioether (sulfide) groups is 1. The lowest BCUT2D eigenvalue weighted by Gasteiger charge is -2.01. The van der Waals surface area contributed by atoms with Crippen molar-refractivity contribution in [2.75, 3.05) is 5.32 Å². The van der Waals surface area contributed by atoms with E-state index in [4.69, 9.17) is 8.94 Å². The topological polar surface area (TPSA) is 89.9 Å². The molecule has 3 rings (SSSR count). The SMILES string of the molecule is CCc1noc(C(C)Sc2nnc(NCc3ccco3)s2)n1. The van der Waals surface area contributed by atoms with E-state index in [0.29, 0.717) is 12.4 Å². The van der Waals surface area contributed by atoms with Crippen LogP contribution in [0.25, 0.3) is 0 Å². The van der Waals surface area contributed by atoms with Crippen LogP contribution >= 0.6 is 23.1 Å². The van der Waals surface area contributed by atoms with E-state index in [1.807, 2.05) is 26.0 Å². The highest BCUT2D eigenvalue weighted by molar-refractivity contribution is 8.01. The fraction of sp³-hybridized carbons (Fsp3) is 0.385. The van der Waals surface area contributed by atoms with Crippen molar-refractivity contribution < 1.29 is 8.94 Å². The van der Waals surface area contributed by atoms with E-state index in [0.717, 1.165) is 27.5 Å². The summed E-state index contributed by atoms with van der Waals surface area (Å²) in [5.41, 5.74) is 0. The van der Waals surface area contributed by atoms with Crippen LogP contribution < -0.4 is 5.32 Å². The molecule has 0 radical (unpaired) electrons. The number of hydrogen-bond acceptors (Lipinski definition) is 9. The lowest BCUT2D eigenvalue weighted by atomic mass is 10.4. The molecule has 0 fully saturated rings. The van der Waals surface area contributed by atoms with Gasteiger partial charge in [0.1, 0.15) is 5.76 Å². The minimum absolute atomic E-state index is 0.0404. The van der Waals surface area contributed by atoms with Crippen LogP contribution in [0.2, 0.25) is 0 Å². The summed E-state index contributed by atoms with van der Waals surface area (Å²) in [5, 5.41) is 16.2. The molecule has 116 valence electrons. The standard InChI is InChI=1S/C13H15N5O2S2/c1-3-10-15-11(20-18-10)8(2)21-13-17-16-12(22-13)14-7-9-5-4-6-19-9/h4-6,8H,3,7H2,1-2H3,(H,14,16). The van der Waals surface area contributed by atoms with Crippen LogP contribution in [0.5, 0.6) is 0 Å². The van der Waals surface area contributed by atoms with E-state index in [1.165, 1.54) is 11.3 Å². The summed E-state index contributed by atoms with van der Waals surface area (Å²) in [6, 6.07) is 3.77. The molecule has 1 unspecified atom stereocenters. The van der Waals surface area contributed by atoms with E-state index in [-0.39, 0.29) is 5.25 Å². The predicted octanol–water partition coefficient (Wildman–Crippen LogP) is 3.54. The molecule has 3 aromatic heterocycles. The van der Waals surface area contributed by atoms with Crippen molar-refractivity contribution >= 4 is 28.2 Å². The van der Waals surface area contributed by atoms with Crippen molar-refractivity contribution in [3.8, 4) is 0 Å². The highest BCUT2D eigenvalue weighted by Gasteiger charge is 2.17. The Morgan fingerprint density at radius 2 is 2.32 bits per heavy atom. The van der Waals surface area contributed by atoms with Gasteiger partial charge in [-0.25, -0.2) is 0 Å². The molecule has 0 aliphatic rings. The molecule has 3 aromatic rings. The number of rotatable bonds is 7. The van der Waals surface area contributed by atoms with Gasteiger partial charge in [-0.05, 0) is 19.1 Å². The second-order valence-electron chi connectivity index (χ2n) is 4.47. The lowest BCUT2D eigenvalue weighted by molar-refractivity contribution is 0.375. The van der Waals surface area contributed by atoms with Gasteiger partial charge in [0.05, 0.1) is 18.1 Å². The Bertz CT molecular complexity index is 710. The third kappa shape index (κ3) is 3.66. The van der Waals surface area contributed by atoms with Crippen LogP contribution in [0.4, 0.5) is 5.13 Å². The summed E-state index contributed by atoms with van der Waals surface area (Å²) < 4.78 is 11.4. The maximum Gasteiger partial charge on any atom is 0.239 e. The third-order valence-corrected chi connectivity index (χ3v) is 4.88. The largest absolute Gasteiger partial charge is 0.467 e. The minimum Gasteiger partial charge on any atom is -0.467 e.